The zero-order valence-corrected chi connectivity index (χ0v) is 23.1. The summed E-state index contributed by atoms with van der Waals surface area (Å²) in [6.07, 6.45) is 2.55. The number of halogens is 3. The summed E-state index contributed by atoms with van der Waals surface area (Å²) in [4.78, 5) is 12.8. The molecule has 1 aliphatic rings. The van der Waals surface area contributed by atoms with Crippen molar-refractivity contribution in [3.8, 4) is 0 Å². The predicted octanol–water partition coefficient (Wildman–Crippen LogP) is 5.87. The fourth-order valence-corrected chi connectivity index (χ4v) is 7.15. The summed E-state index contributed by atoms with van der Waals surface area (Å²) >= 11 is 18.1. The van der Waals surface area contributed by atoms with Gasteiger partial charge in [0.15, 0.2) is 0 Å². The summed E-state index contributed by atoms with van der Waals surface area (Å²) in [6, 6.07) is 13.7. The number of anilines is 2. The van der Waals surface area contributed by atoms with Gasteiger partial charge in [0, 0.05) is 28.8 Å². The summed E-state index contributed by atoms with van der Waals surface area (Å²) in [7, 11) is -7.71. The van der Waals surface area contributed by atoms with Crippen molar-refractivity contribution in [1.82, 2.24) is 4.31 Å². The number of amides is 1. The molecule has 0 spiro atoms. The van der Waals surface area contributed by atoms with Crippen molar-refractivity contribution in [2.24, 2.45) is 0 Å². The molecule has 8 nitrogen and oxygen atoms in total. The first-order valence-corrected chi connectivity index (χ1v) is 15.2. The maximum atomic E-state index is 13.0. The third-order valence-corrected chi connectivity index (χ3v) is 9.73. The van der Waals surface area contributed by atoms with E-state index in [9.17, 15) is 21.6 Å². The Morgan fingerprint density at radius 3 is 1.95 bits per heavy atom. The van der Waals surface area contributed by atoms with Crippen molar-refractivity contribution >= 4 is 72.1 Å². The molecule has 0 saturated carbocycles. The fraction of sp³-hybridized carbons (Fsp3) is 0.208. The van der Waals surface area contributed by atoms with Gasteiger partial charge in [0.25, 0.3) is 15.9 Å². The van der Waals surface area contributed by atoms with Gasteiger partial charge in [0.2, 0.25) is 10.0 Å². The van der Waals surface area contributed by atoms with Gasteiger partial charge in [-0.25, -0.2) is 16.8 Å². The second-order valence-corrected chi connectivity index (χ2v) is 13.2. The van der Waals surface area contributed by atoms with Gasteiger partial charge in [-0.1, -0.05) is 41.2 Å². The molecule has 0 aliphatic carbocycles. The van der Waals surface area contributed by atoms with Crippen LogP contribution in [-0.2, 0) is 20.0 Å². The molecule has 0 radical (unpaired) electrons. The van der Waals surface area contributed by atoms with Gasteiger partial charge < -0.3 is 5.32 Å². The third-order valence-electron chi connectivity index (χ3n) is 5.67. The Bertz CT molecular complexity index is 1520. The van der Waals surface area contributed by atoms with Gasteiger partial charge in [-0.15, -0.1) is 0 Å². The summed E-state index contributed by atoms with van der Waals surface area (Å²) in [6.45, 7) is 0.863. The van der Waals surface area contributed by atoms with Gasteiger partial charge in [-0.2, -0.15) is 4.31 Å². The van der Waals surface area contributed by atoms with Crippen LogP contribution in [0.15, 0.2) is 70.5 Å². The second-order valence-electron chi connectivity index (χ2n) is 8.35. The number of benzene rings is 3. The predicted molar refractivity (Wildman–Crippen MR) is 146 cm³/mol. The minimum atomic E-state index is -3.96. The summed E-state index contributed by atoms with van der Waals surface area (Å²) in [5.74, 6) is -0.636. The van der Waals surface area contributed by atoms with E-state index in [1.807, 2.05) is 0 Å². The maximum absolute atomic E-state index is 13.0. The molecule has 1 heterocycles. The Morgan fingerprint density at radius 1 is 0.730 bits per heavy atom. The molecule has 196 valence electrons. The van der Waals surface area contributed by atoms with Crippen molar-refractivity contribution in [1.29, 1.82) is 0 Å². The molecule has 13 heteroatoms. The number of carbonyl (C=O) groups is 1. The molecule has 4 rings (SSSR count). The maximum Gasteiger partial charge on any atom is 0.261 e. The third kappa shape index (κ3) is 6.57. The number of piperidine rings is 1. The zero-order chi connectivity index (χ0) is 26.8. The highest BCUT2D eigenvalue weighted by atomic mass is 35.5. The Balaban J connectivity index is 1.50. The van der Waals surface area contributed by atoms with Crippen LogP contribution in [0, 0.1) is 0 Å². The molecular weight excluding hydrogens is 581 g/mol. The minimum absolute atomic E-state index is 0.0161. The standard InChI is InChI=1S/C24H22Cl3N3O5S2/c25-16-12-17(26)14-19(13-16)29-36(32,33)20-6-4-18(5-7-20)28-24(31)22-15-21(8-9-23(22)27)37(34,35)30-10-2-1-3-11-30/h4-9,12-15,29H,1-3,10-11H2,(H,28,31). The summed E-state index contributed by atoms with van der Waals surface area (Å²) in [5, 5.41) is 3.25. The molecule has 0 bridgehead atoms. The van der Waals surface area contributed by atoms with E-state index in [4.69, 9.17) is 34.8 Å². The van der Waals surface area contributed by atoms with Crippen LogP contribution in [0.1, 0.15) is 29.6 Å². The van der Waals surface area contributed by atoms with E-state index >= 15 is 0 Å². The largest absolute Gasteiger partial charge is 0.322 e. The van der Waals surface area contributed by atoms with E-state index < -0.39 is 26.0 Å². The van der Waals surface area contributed by atoms with E-state index in [0.717, 1.165) is 19.3 Å². The average Bonchev–Trinajstić information content (AvgIpc) is 2.84. The number of rotatable bonds is 7. The number of carbonyl (C=O) groups excluding carboxylic acids is 1. The van der Waals surface area contributed by atoms with Gasteiger partial charge >= 0.3 is 0 Å². The van der Waals surface area contributed by atoms with Gasteiger partial charge in [0.1, 0.15) is 0 Å². The van der Waals surface area contributed by atoms with Crippen LogP contribution < -0.4 is 10.0 Å². The molecular formula is C24H22Cl3N3O5S2. The van der Waals surface area contributed by atoms with E-state index in [1.54, 1.807) is 0 Å². The van der Waals surface area contributed by atoms with Crippen molar-refractivity contribution in [3.05, 3.63) is 81.3 Å². The second kappa shape index (κ2) is 11.2. The molecule has 1 amide bonds. The van der Waals surface area contributed by atoms with Crippen LogP contribution in [0.5, 0.6) is 0 Å². The van der Waals surface area contributed by atoms with Crippen molar-refractivity contribution < 1.29 is 21.6 Å². The lowest BCUT2D eigenvalue weighted by Crippen LogP contribution is -2.35. The lowest BCUT2D eigenvalue weighted by atomic mass is 10.2. The first-order chi connectivity index (χ1) is 17.5. The van der Waals surface area contributed by atoms with E-state index in [1.165, 1.54) is 65.0 Å². The van der Waals surface area contributed by atoms with Gasteiger partial charge in [-0.3, -0.25) is 9.52 Å². The summed E-state index contributed by atoms with van der Waals surface area (Å²) in [5.41, 5.74) is 0.468. The lowest BCUT2D eigenvalue weighted by molar-refractivity contribution is 0.102. The molecule has 37 heavy (non-hydrogen) atoms. The van der Waals surface area contributed by atoms with Crippen molar-refractivity contribution in [2.75, 3.05) is 23.1 Å². The highest BCUT2D eigenvalue weighted by molar-refractivity contribution is 7.92. The fourth-order valence-electron chi connectivity index (χ4n) is 3.84. The highest BCUT2D eigenvalue weighted by Crippen LogP contribution is 2.27. The number of sulfonamides is 2. The Hall–Kier alpha value is -2.34. The van der Waals surface area contributed by atoms with E-state index in [-0.39, 0.29) is 41.8 Å². The quantitative estimate of drug-likeness (QED) is 0.351. The first-order valence-electron chi connectivity index (χ1n) is 11.2. The minimum Gasteiger partial charge on any atom is -0.322 e. The molecule has 3 aromatic carbocycles. The molecule has 3 aromatic rings. The number of nitrogens with one attached hydrogen (secondary N) is 2. The lowest BCUT2D eigenvalue weighted by Gasteiger charge is -2.26. The summed E-state index contributed by atoms with van der Waals surface area (Å²) < 4.78 is 55.3. The van der Waals surface area contributed by atoms with Crippen LogP contribution >= 0.6 is 34.8 Å². The van der Waals surface area contributed by atoms with Crippen molar-refractivity contribution in [3.63, 3.8) is 0 Å². The molecule has 0 atom stereocenters. The topological polar surface area (TPSA) is 113 Å². The smallest absolute Gasteiger partial charge is 0.261 e. The zero-order valence-electron chi connectivity index (χ0n) is 19.2. The van der Waals surface area contributed by atoms with E-state index in [2.05, 4.69) is 10.0 Å². The molecule has 1 aliphatic heterocycles. The molecule has 2 N–H and O–H groups in total. The number of hydrogen-bond acceptors (Lipinski definition) is 5. The Labute approximate surface area is 230 Å². The van der Waals surface area contributed by atoms with Crippen LogP contribution in [0.2, 0.25) is 15.1 Å². The van der Waals surface area contributed by atoms with E-state index in [0.29, 0.717) is 13.1 Å². The van der Waals surface area contributed by atoms with Crippen molar-refractivity contribution in [2.45, 2.75) is 29.1 Å². The van der Waals surface area contributed by atoms with Crippen LogP contribution in [0.3, 0.4) is 0 Å². The SMILES string of the molecule is O=C(Nc1ccc(S(=O)(=O)Nc2cc(Cl)cc(Cl)c2)cc1)c1cc(S(=O)(=O)N2CCCCC2)ccc1Cl. The molecule has 1 fully saturated rings. The molecule has 0 unspecified atom stereocenters. The number of nitrogens with zero attached hydrogens (tertiary/aromatic N) is 1. The van der Waals surface area contributed by atoms with Crippen LogP contribution in [0.4, 0.5) is 11.4 Å². The van der Waals surface area contributed by atoms with Gasteiger partial charge in [-0.05, 0) is 73.5 Å². The Morgan fingerprint density at radius 2 is 1.32 bits per heavy atom. The monoisotopic (exact) mass is 601 g/mol. The Kier molecular flexibility index (Phi) is 8.37. The molecule has 0 aromatic heterocycles. The van der Waals surface area contributed by atoms with Gasteiger partial charge in [0.05, 0.1) is 26.1 Å². The molecule has 1 saturated heterocycles. The van der Waals surface area contributed by atoms with Crippen LogP contribution in [-0.4, -0.2) is 40.1 Å². The normalized spacial score (nSPS) is 14.8. The number of hydrogen-bond donors (Lipinski definition) is 2. The van der Waals surface area contributed by atoms with Crippen LogP contribution in [0.25, 0.3) is 0 Å². The highest BCUT2D eigenvalue weighted by Gasteiger charge is 2.27. The first kappa shape index (κ1) is 27.7. The average molecular weight is 603 g/mol.